The van der Waals surface area contributed by atoms with Crippen molar-refractivity contribution in [2.45, 2.75) is 122 Å². The summed E-state index contributed by atoms with van der Waals surface area (Å²) in [4.78, 5) is 0. The van der Waals surface area contributed by atoms with Crippen molar-refractivity contribution in [3.05, 3.63) is 0 Å². The van der Waals surface area contributed by atoms with Gasteiger partial charge in [0.1, 0.15) is 5.72 Å². The summed E-state index contributed by atoms with van der Waals surface area (Å²) in [6.45, 7) is 4.23. The fourth-order valence-corrected chi connectivity index (χ4v) is 2.80. The quantitative estimate of drug-likeness (QED) is 0.275. The van der Waals surface area contributed by atoms with E-state index in [4.69, 9.17) is 5.73 Å². The van der Waals surface area contributed by atoms with E-state index >= 15 is 0 Å². The van der Waals surface area contributed by atoms with Crippen LogP contribution in [0.1, 0.15) is 117 Å². The van der Waals surface area contributed by atoms with Gasteiger partial charge in [0.25, 0.3) is 0 Å². The molecule has 0 aromatic rings. The van der Waals surface area contributed by atoms with Crippen LogP contribution in [-0.4, -0.2) is 10.8 Å². The summed E-state index contributed by atoms with van der Waals surface area (Å²) in [7, 11) is 0. The molecule has 0 aromatic heterocycles. The molecule has 1 atom stereocenters. The molecule has 0 aromatic carbocycles. The van der Waals surface area contributed by atoms with Crippen LogP contribution in [0.25, 0.3) is 0 Å². The Morgan fingerprint density at radius 1 is 0.619 bits per heavy atom. The Morgan fingerprint density at radius 2 is 0.952 bits per heavy atom. The van der Waals surface area contributed by atoms with Gasteiger partial charge in [-0.25, -0.2) is 0 Å². The molecule has 2 nitrogen and oxygen atoms in total. The molecule has 0 rings (SSSR count). The maximum absolute atomic E-state index is 9.69. The van der Waals surface area contributed by atoms with E-state index in [0.717, 1.165) is 12.8 Å². The molecule has 2 heteroatoms. The Morgan fingerprint density at radius 3 is 1.29 bits per heavy atom. The van der Waals surface area contributed by atoms with Crippen molar-refractivity contribution in [1.82, 2.24) is 0 Å². The topological polar surface area (TPSA) is 46.2 Å². The van der Waals surface area contributed by atoms with Gasteiger partial charge >= 0.3 is 0 Å². The van der Waals surface area contributed by atoms with Crippen molar-refractivity contribution in [3.8, 4) is 0 Å². The fourth-order valence-electron chi connectivity index (χ4n) is 2.80. The lowest BCUT2D eigenvalue weighted by Gasteiger charge is -2.20. The van der Waals surface area contributed by atoms with Crippen molar-refractivity contribution in [1.29, 1.82) is 0 Å². The Hall–Kier alpha value is -0.0800. The number of nitrogens with two attached hydrogens (primary N) is 1. The first kappa shape index (κ1) is 20.9. The predicted octanol–water partition coefficient (Wildman–Crippen LogP) is 5.92. The zero-order valence-corrected chi connectivity index (χ0v) is 14.8. The second kappa shape index (κ2) is 14.8. The molecule has 0 spiro atoms. The van der Waals surface area contributed by atoms with Gasteiger partial charge in [-0.3, -0.25) is 0 Å². The number of hydrogen-bond donors (Lipinski definition) is 2. The van der Waals surface area contributed by atoms with Crippen LogP contribution in [0.4, 0.5) is 0 Å². The Labute approximate surface area is 133 Å². The van der Waals surface area contributed by atoms with E-state index in [1.165, 1.54) is 83.5 Å². The molecule has 0 heterocycles. The molecule has 0 amide bonds. The molecule has 0 radical (unpaired) electrons. The summed E-state index contributed by atoms with van der Waals surface area (Å²) in [5, 5.41) is 9.69. The predicted molar refractivity (Wildman–Crippen MR) is 94.4 cm³/mol. The minimum Gasteiger partial charge on any atom is -0.376 e. The van der Waals surface area contributed by atoms with Gasteiger partial charge in [0, 0.05) is 0 Å². The highest BCUT2D eigenvalue weighted by Gasteiger charge is 2.16. The number of rotatable bonds is 16. The lowest BCUT2D eigenvalue weighted by Crippen LogP contribution is -2.38. The van der Waals surface area contributed by atoms with E-state index in [1.54, 1.807) is 0 Å². The van der Waals surface area contributed by atoms with Crippen LogP contribution in [0.5, 0.6) is 0 Å². The summed E-state index contributed by atoms with van der Waals surface area (Å²) >= 11 is 0. The second-order valence-electron chi connectivity index (χ2n) is 6.80. The van der Waals surface area contributed by atoms with Gasteiger partial charge in [0.15, 0.2) is 0 Å². The Kier molecular flexibility index (Phi) is 14.8. The maximum Gasteiger partial charge on any atom is 0.113 e. The zero-order chi connectivity index (χ0) is 15.8. The van der Waals surface area contributed by atoms with E-state index in [2.05, 4.69) is 6.92 Å². The Bertz CT molecular complexity index is 204. The molecule has 21 heavy (non-hydrogen) atoms. The highest BCUT2D eigenvalue weighted by Crippen LogP contribution is 2.16. The fraction of sp³-hybridized carbons (Fsp3) is 1.00. The first-order chi connectivity index (χ1) is 10.1. The molecule has 128 valence electrons. The van der Waals surface area contributed by atoms with Crippen LogP contribution >= 0.6 is 0 Å². The number of hydrogen-bond acceptors (Lipinski definition) is 2. The maximum atomic E-state index is 9.69. The number of aliphatic hydroxyl groups is 1. The molecule has 0 aliphatic heterocycles. The number of unbranched alkanes of at least 4 members (excludes halogenated alkanes) is 13. The Balaban J connectivity index is 3.06. The van der Waals surface area contributed by atoms with Crippen LogP contribution in [0.15, 0.2) is 0 Å². The van der Waals surface area contributed by atoms with Gasteiger partial charge < -0.3 is 10.8 Å². The first-order valence-electron chi connectivity index (χ1n) is 9.63. The van der Waals surface area contributed by atoms with E-state index in [1.807, 2.05) is 6.92 Å². The zero-order valence-electron chi connectivity index (χ0n) is 14.8. The average molecular weight is 300 g/mol. The third kappa shape index (κ3) is 16.1. The highest BCUT2D eigenvalue weighted by molar-refractivity contribution is 4.67. The third-order valence-corrected chi connectivity index (χ3v) is 4.58. The van der Waals surface area contributed by atoms with E-state index in [0.29, 0.717) is 6.42 Å². The van der Waals surface area contributed by atoms with Gasteiger partial charge in [-0.05, 0) is 19.3 Å². The summed E-state index contributed by atoms with van der Waals surface area (Å²) in [5.74, 6) is 0. The summed E-state index contributed by atoms with van der Waals surface area (Å²) in [6.07, 6.45) is 20.5. The molecule has 0 saturated heterocycles. The third-order valence-electron chi connectivity index (χ3n) is 4.58. The molecule has 1 unspecified atom stereocenters. The standard InChI is InChI=1S/C19H41NO/c1-3-5-6-7-8-9-10-11-12-13-14-15-16-17-18-19(20,21)4-2/h21H,3-18,20H2,1-2H3. The summed E-state index contributed by atoms with van der Waals surface area (Å²) in [5.41, 5.74) is 4.80. The van der Waals surface area contributed by atoms with E-state index in [9.17, 15) is 5.11 Å². The van der Waals surface area contributed by atoms with Crippen LogP contribution < -0.4 is 5.73 Å². The molecule has 0 aliphatic carbocycles. The van der Waals surface area contributed by atoms with E-state index < -0.39 is 5.72 Å². The van der Waals surface area contributed by atoms with Gasteiger partial charge in [-0.2, -0.15) is 0 Å². The smallest absolute Gasteiger partial charge is 0.113 e. The largest absolute Gasteiger partial charge is 0.376 e. The molecule has 3 N–H and O–H groups in total. The molecule has 0 bridgehead atoms. The normalized spacial score (nSPS) is 14.3. The van der Waals surface area contributed by atoms with Crippen molar-refractivity contribution in [2.75, 3.05) is 0 Å². The van der Waals surface area contributed by atoms with Crippen LogP contribution in [0.3, 0.4) is 0 Å². The van der Waals surface area contributed by atoms with Gasteiger partial charge in [-0.1, -0.05) is 97.3 Å². The SMILES string of the molecule is CCCCCCCCCCCCCCCCC(N)(O)CC. The average Bonchev–Trinajstić information content (AvgIpc) is 2.47. The van der Waals surface area contributed by atoms with Gasteiger partial charge in [0.2, 0.25) is 0 Å². The highest BCUT2D eigenvalue weighted by atomic mass is 16.3. The summed E-state index contributed by atoms with van der Waals surface area (Å²) in [6, 6.07) is 0. The molecule has 0 aliphatic rings. The van der Waals surface area contributed by atoms with E-state index in [-0.39, 0.29) is 0 Å². The van der Waals surface area contributed by atoms with Crippen molar-refractivity contribution < 1.29 is 5.11 Å². The summed E-state index contributed by atoms with van der Waals surface area (Å²) < 4.78 is 0. The van der Waals surface area contributed by atoms with Gasteiger partial charge in [0.05, 0.1) is 0 Å². The van der Waals surface area contributed by atoms with Gasteiger partial charge in [-0.15, -0.1) is 0 Å². The molecule has 0 fully saturated rings. The molecule has 0 saturated carbocycles. The second-order valence-corrected chi connectivity index (χ2v) is 6.80. The van der Waals surface area contributed by atoms with Crippen molar-refractivity contribution in [2.24, 2.45) is 5.73 Å². The van der Waals surface area contributed by atoms with Crippen molar-refractivity contribution in [3.63, 3.8) is 0 Å². The van der Waals surface area contributed by atoms with Crippen LogP contribution in [-0.2, 0) is 0 Å². The monoisotopic (exact) mass is 299 g/mol. The first-order valence-corrected chi connectivity index (χ1v) is 9.63. The molecular formula is C19H41NO. The van der Waals surface area contributed by atoms with Crippen LogP contribution in [0.2, 0.25) is 0 Å². The minimum absolute atomic E-state index is 0.658. The lowest BCUT2D eigenvalue weighted by molar-refractivity contribution is 0.0314. The lowest BCUT2D eigenvalue weighted by atomic mass is 10.0. The van der Waals surface area contributed by atoms with Crippen LogP contribution in [0, 0.1) is 0 Å². The van der Waals surface area contributed by atoms with Crippen molar-refractivity contribution >= 4 is 0 Å². The molecular weight excluding hydrogens is 258 g/mol. The minimum atomic E-state index is -0.920.